The second kappa shape index (κ2) is 5.62. The highest BCUT2D eigenvalue weighted by Gasteiger charge is 2.26. The molecule has 0 spiro atoms. The lowest BCUT2D eigenvalue weighted by molar-refractivity contribution is 0.0646. The Labute approximate surface area is 84.6 Å². The van der Waals surface area contributed by atoms with Gasteiger partial charge in [0.2, 0.25) is 0 Å². The summed E-state index contributed by atoms with van der Waals surface area (Å²) in [5.74, 6) is 4.83. The van der Waals surface area contributed by atoms with Gasteiger partial charge in [-0.1, -0.05) is 0 Å². The third kappa shape index (κ3) is 6.28. The van der Waals surface area contributed by atoms with E-state index >= 15 is 0 Å². The zero-order valence-electron chi connectivity index (χ0n) is 8.65. The third-order valence-electron chi connectivity index (χ3n) is 1.57. The summed E-state index contributed by atoms with van der Waals surface area (Å²) in [5.41, 5.74) is -0.812. The fourth-order valence-electron chi connectivity index (χ4n) is 0.933. The molecule has 0 unspecified atom stereocenters. The number of hydrogen-bond donors (Lipinski definition) is 1. The van der Waals surface area contributed by atoms with E-state index in [0.717, 1.165) is 7.11 Å². The van der Waals surface area contributed by atoms with Crippen LogP contribution in [0.25, 0.3) is 0 Å². The molecule has 0 radical (unpaired) electrons. The van der Waals surface area contributed by atoms with Crippen LogP contribution in [0.1, 0.15) is 26.7 Å². The van der Waals surface area contributed by atoms with Gasteiger partial charge in [-0.3, -0.25) is 4.18 Å². The van der Waals surface area contributed by atoms with E-state index in [2.05, 4.69) is 9.02 Å². The van der Waals surface area contributed by atoms with Crippen molar-refractivity contribution in [2.75, 3.05) is 13.7 Å². The summed E-state index contributed by atoms with van der Waals surface area (Å²) in [6, 6.07) is 0. The van der Waals surface area contributed by atoms with Crippen molar-refractivity contribution in [3.63, 3.8) is 0 Å². The van der Waals surface area contributed by atoms with Gasteiger partial charge in [-0.15, -0.1) is 0 Å². The topological polar surface area (TPSA) is 87.9 Å². The molecule has 0 rings (SSSR count). The van der Waals surface area contributed by atoms with Gasteiger partial charge in [0, 0.05) is 0 Å². The molecule has 0 heterocycles. The maximum atomic E-state index is 10.9. The van der Waals surface area contributed by atoms with Crippen molar-refractivity contribution in [3.8, 4) is 0 Å². The predicted octanol–water partition coefficient (Wildman–Crippen LogP) is 0.343. The van der Waals surface area contributed by atoms with Gasteiger partial charge in [0.15, 0.2) is 0 Å². The minimum Gasteiger partial charge on any atom is -0.305 e. The summed E-state index contributed by atoms with van der Waals surface area (Å²) in [4.78, 5) is 4.36. The molecular formula is C7H17NO5S. The highest BCUT2D eigenvalue weighted by Crippen LogP contribution is 2.19. The molecule has 2 N–H and O–H groups in total. The van der Waals surface area contributed by atoms with Crippen molar-refractivity contribution in [2.24, 2.45) is 5.90 Å². The van der Waals surface area contributed by atoms with Crippen LogP contribution >= 0.6 is 0 Å². The van der Waals surface area contributed by atoms with Gasteiger partial charge in [-0.25, -0.2) is 10.1 Å². The predicted molar refractivity (Wildman–Crippen MR) is 50.5 cm³/mol. The molecule has 14 heavy (non-hydrogen) atoms. The summed E-state index contributed by atoms with van der Waals surface area (Å²) < 4.78 is 30.8. The minimum absolute atomic E-state index is 0.361. The molecule has 6 nitrogen and oxygen atoms in total. The zero-order chi connectivity index (χ0) is 11.2. The summed E-state index contributed by atoms with van der Waals surface area (Å²) in [6.07, 6.45) is 1.12. The average Bonchev–Trinajstić information content (AvgIpc) is 2.03. The van der Waals surface area contributed by atoms with Crippen LogP contribution in [0.3, 0.4) is 0 Å². The smallest absolute Gasteiger partial charge is 0.305 e. The fraction of sp³-hybridized carbons (Fsp3) is 1.00. The molecule has 0 amide bonds. The second-order valence-electron chi connectivity index (χ2n) is 3.39. The highest BCUT2D eigenvalue weighted by molar-refractivity contribution is 7.81. The highest BCUT2D eigenvalue weighted by atomic mass is 32.3. The zero-order valence-corrected chi connectivity index (χ0v) is 9.46. The van der Waals surface area contributed by atoms with E-state index in [-0.39, 0.29) is 0 Å². The maximum absolute atomic E-state index is 10.9. The van der Waals surface area contributed by atoms with E-state index in [4.69, 9.17) is 10.1 Å². The SMILES string of the molecule is COS(=O)(=O)OC(C)(C)CCCON. The molecule has 0 atom stereocenters. The Morgan fingerprint density at radius 3 is 2.36 bits per heavy atom. The Morgan fingerprint density at radius 2 is 1.93 bits per heavy atom. The fourth-order valence-corrected chi connectivity index (χ4v) is 1.64. The number of rotatable bonds is 7. The number of nitrogens with two attached hydrogens (primary N) is 1. The standard InChI is InChI=1S/C7H17NO5S/c1-7(2,5-4-6-12-8)13-14(9,10)11-3/h4-6,8H2,1-3H3. The number of hydrogen-bond acceptors (Lipinski definition) is 6. The van der Waals surface area contributed by atoms with Gasteiger partial charge in [0.25, 0.3) is 0 Å². The third-order valence-corrected chi connectivity index (χ3v) is 2.64. The molecule has 0 saturated heterocycles. The Bertz CT molecular complexity index is 249. The van der Waals surface area contributed by atoms with Crippen LogP contribution in [0.15, 0.2) is 0 Å². The molecule has 0 bridgehead atoms. The van der Waals surface area contributed by atoms with Crippen molar-refractivity contribution in [2.45, 2.75) is 32.3 Å². The van der Waals surface area contributed by atoms with Crippen molar-refractivity contribution >= 4 is 10.4 Å². The minimum atomic E-state index is -3.89. The largest absolute Gasteiger partial charge is 0.400 e. The van der Waals surface area contributed by atoms with E-state index < -0.39 is 16.0 Å². The van der Waals surface area contributed by atoms with Crippen molar-refractivity contribution in [1.82, 2.24) is 0 Å². The lowest BCUT2D eigenvalue weighted by Gasteiger charge is -2.22. The first-order valence-corrected chi connectivity index (χ1v) is 5.49. The van der Waals surface area contributed by atoms with Crippen molar-refractivity contribution in [3.05, 3.63) is 0 Å². The molecule has 0 aromatic rings. The summed E-state index contributed by atoms with van der Waals surface area (Å²) >= 11 is 0. The molecular weight excluding hydrogens is 210 g/mol. The van der Waals surface area contributed by atoms with E-state index in [1.807, 2.05) is 0 Å². The summed E-state index contributed by atoms with van der Waals surface area (Å²) in [6.45, 7) is 3.67. The van der Waals surface area contributed by atoms with E-state index in [1.165, 1.54) is 0 Å². The molecule has 0 aromatic carbocycles. The second-order valence-corrected chi connectivity index (χ2v) is 4.71. The van der Waals surface area contributed by atoms with Crippen LogP contribution in [-0.4, -0.2) is 27.7 Å². The van der Waals surface area contributed by atoms with Crippen molar-refractivity contribution < 1.29 is 21.6 Å². The quantitative estimate of drug-likeness (QED) is 0.498. The van der Waals surface area contributed by atoms with Gasteiger partial charge in [0.1, 0.15) is 0 Å². The summed E-state index contributed by atoms with van der Waals surface area (Å²) in [5, 5.41) is 0. The van der Waals surface area contributed by atoms with Gasteiger partial charge in [-0.2, -0.15) is 8.42 Å². The molecule has 0 aliphatic heterocycles. The normalized spacial score (nSPS) is 13.1. The molecule has 0 fully saturated rings. The van der Waals surface area contributed by atoms with Crippen LogP contribution < -0.4 is 5.90 Å². The first-order chi connectivity index (χ1) is 6.33. The Kier molecular flexibility index (Phi) is 5.53. The van der Waals surface area contributed by atoms with Crippen molar-refractivity contribution in [1.29, 1.82) is 0 Å². The van der Waals surface area contributed by atoms with Crippen LogP contribution in [0.4, 0.5) is 0 Å². The lowest BCUT2D eigenvalue weighted by Crippen LogP contribution is -2.29. The van der Waals surface area contributed by atoms with Gasteiger partial charge < -0.3 is 4.84 Å². The van der Waals surface area contributed by atoms with E-state index in [0.29, 0.717) is 19.4 Å². The first kappa shape index (κ1) is 13.8. The average molecular weight is 227 g/mol. The summed E-state index contributed by atoms with van der Waals surface area (Å²) in [7, 11) is -2.84. The van der Waals surface area contributed by atoms with E-state index in [9.17, 15) is 8.42 Å². The van der Waals surface area contributed by atoms with Gasteiger partial charge in [0.05, 0.1) is 19.3 Å². The first-order valence-electron chi connectivity index (χ1n) is 4.16. The van der Waals surface area contributed by atoms with Gasteiger partial charge in [-0.05, 0) is 26.7 Å². The van der Waals surface area contributed by atoms with Crippen LogP contribution in [0.2, 0.25) is 0 Å². The van der Waals surface area contributed by atoms with E-state index in [1.54, 1.807) is 13.8 Å². The molecule has 0 saturated carbocycles. The molecule has 86 valence electrons. The van der Waals surface area contributed by atoms with Crippen LogP contribution in [-0.2, 0) is 23.6 Å². The lowest BCUT2D eigenvalue weighted by atomic mass is 10.0. The molecule has 7 heteroatoms. The Hall–Kier alpha value is -0.210. The van der Waals surface area contributed by atoms with Crippen LogP contribution in [0, 0.1) is 0 Å². The Morgan fingerprint density at radius 1 is 1.36 bits per heavy atom. The monoisotopic (exact) mass is 227 g/mol. The van der Waals surface area contributed by atoms with Crippen LogP contribution in [0.5, 0.6) is 0 Å². The maximum Gasteiger partial charge on any atom is 0.400 e. The molecule has 0 aliphatic carbocycles. The molecule has 0 aliphatic rings. The van der Waals surface area contributed by atoms with Gasteiger partial charge >= 0.3 is 10.4 Å². The molecule has 0 aromatic heterocycles. The Balaban J connectivity index is 4.07.